The summed E-state index contributed by atoms with van der Waals surface area (Å²) in [5.74, 6) is 0.443. The van der Waals surface area contributed by atoms with Crippen LogP contribution in [0.3, 0.4) is 0 Å². The summed E-state index contributed by atoms with van der Waals surface area (Å²) in [5.41, 5.74) is -0.248. The molecule has 1 aromatic carbocycles. The Hall–Kier alpha value is -4.18. The fraction of sp³-hybridized carbons (Fsp3) is 0.414. The Kier molecular flexibility index (Phi) is 9.05. The number of anilines is 1. The number of halogens is 7. The molecule has 1 fully saturated rings. The van der Waals surface area contributed by atoms with Crippen LogP contribution in [0.2, 0.25) is 5.28 Å². The van der Waals surface area contributed by atoms with Crippen molar-refractivity contribution in [3.8, 4) is 0 Å². The van der Waals surface area contributed by atoms with Crippen LogP contribution in [-0.4, -0.2) is 84.3 Å². The smallest absolute Gasteiger partial charge is 0.417 e. The average Bonchev–Trinajstić information content (AvgIpc) is 3.39. The van der Waals surface area contributed by atoms with E-state index in [0.29, 0.717) is 35.6 Å². The van der Waals surface area contributed by atoms with Gasteiger partial charge in [0.2, 0.25) is 5.28 Å². The molecule has 1 unspecified atom stereocenters. The molecule has 1 amide bonds. The Morgan fingerprint density at radius 1 is 0.978 bits per heavy atom. The summed E-state index contributed by atoms with van der Waals surface area (Å²) in [6, 6.07) is 5.34. The lowest BCUT2D eigenvalue weighted by Crippen LogP contribution is -2.57. The molecule has 10 nitrogen and oxygen atoms in total. The van der Waals surface area contributed by atoms with Gasteiger partial charge in [0.25, 0.3) is 0 Å². The predicted octanol–water partition coefficient (Wildman–Crippen LogP) is 6.21. The molecule has 0 spiro atoms. The van der Waals surface area contributed by atoms with Crippen molar-refractivity contribution in [3.63, 3.8) is 0 Å². The SMILES string of the molecule is C[C@@H]1CN(c2nc(Cl)nc3c2ncn3CCN(C)C(=O)O)[C@@H](C)CN1C(c1ccc(C(F)(F)F)cc1)c1ccc(C(F)(F)F)cn1. The van der Waals surface area contributed by atoms with Crippen LogP contribution in [0.5, 0.6) is 0 Å². The standard InChI is InChI=1S/C29H29ClF6N8O2/c1-16-14-44(25-22-24(39-26(30)40-25)42(15-38-22)11-10-41(3)27(45)46)17(2)13-43(16)23(18-4-6-19(7-5-18)28(31,32)33)21-9-8-20(12-37-21)29(34,35)36/h4-9,12,15-17,23H,10-11,13-14H2,1-3H3,(H,45,46)/t16-,17+,23?/m1/s1. The number of piperazine rings is 1. The maximum atomic E-state index is 13.3. The van der Waals surface area contributed by atoms with Crippen LogP contribution in [0, 0.1) is 0 Å². The first-order chi connectivity index (χ1) is 21.5. The summed E-state index contributed by atoms with van der Waals surface area (Å²) >= 11 is 6.32. The first-order valence-electron chi connectivity index (χ1n) is 14.1. The number of hydrogen-bond donors (Lipinski definition) is 1. The van der Waals surface area contributed by atoms with E-state index in [4.69, 9.17) is 11.6 Å². The van der Waals surface area contributed by atoms with Crippen molar-refractivity contribution < 1.29 is 36.2 Å². The summed E-state index contributed by atoms with van der Waals surface area (Å²) in [6.45, 7) is 4.90. The summed E-state index contributed by atoms with van der Waals surface area (Å²) in [7, 11) is 1.44. The molecule has 5 rings (SSSR count). The Balaban J connectivity index is 1.48. The lowest BCUT2D eigenvalue weighted by atomic mass is 9.95. The van der Waals surface area contributed by atoms with Gasteiger partial charge in [0.05, 0.1) is 29.2 Å². The third-order valence-corrected chi connectivity index (χ3v) is 8.18. The number of carbonyl (C=O) groups is 1. The van der Waals surface area contributed by atoms with Crippen molar-refractivity contribution in [1.29, 1.82) is 0 Å². The molecule has 0 bridgehead atoms. The average molecular weight is 671 g/mol. The number of aromatic nitrogens is 5. The molecule has 3 aromatic heterocycles. The number of nitrogens with zero attached hydrogens (tertiary/aromatic N) is 8. The lowest BCUT2D eigenvalue weighted by molar-refractivity contribution is -0.138. The maximum Gasteiger partial charge on any atom is 0.417 e. The molecule has 17 heteroatoms. The van der Waals surface area contributed by atoms with E-state index in [-0.39, 0.29) is 36.2 Å². The number of benzene rings is 1. The van der Waals surface area contributed by atoms with E-state index in [1.54, 1.807) is 4.57 Å². The van der Waals surface area contributed by atoms with Gasteiger partial charge in [0, 0.05) is 51.5 Å². The zero-order chi connectivity index (χ0) is 33.6. The van der Waals surface area contributed by atoms with Crippen LogP contribution in [-0.2, 0) is 18.9 Å². The van der Waals surface area contributed by atoms with Crippen molar-refractivity contribution >= 4 is 34.7 Å². The van der Waals surface area contributed by atoms with Crippen LogP contribution in [0.4, 0.5) is 37.0 Å². The van der Waals surface area contributed by atoms with E-state index in [1.165, 1.54) is 31.6 Å². The molecule has 4 heterocycles. The largest absolute Gasteiger partial charge is 0.465 e. The van der Waals surface area contributed by atoms with Gasteiger partial charge in [0.15, 0.2) is 17.0 Å². The third-order valence-electron chi connectivity index (χ3n) is 8.01. The summed E-state index contributed by atoms with van der Waals surface area (Å²) in [5, 5.41) is 9.13. The fourth-order valence-corrected chi connectivity index (χ4v) is 5.71. The van der Waals surface area contributed by atoms with Gasteiger partial charge in [-0.2, -0.15) is 36.3 Å². The number of hydrogen-bond acceptors (Lipinski definition) is 7. The highest BCUT2D eigenvalue weighted by Gasteiger charge is 2.38. The predicted molar refractivity (Wildman–Crippen MR) is 156 cm³/mol. The molecule has 246 valence electrons. The number of likely N-dealkylation sites (N-methyl/N-ethyl adjacent to an activating group) is 1. The Bertz CT molecular complexity index is 1640. The molecule has 1 saturated heterocycles. The van der Waals surface area contributed by atoms with E-state index in [9.17, 15) is 36.2 Å². The molecule has 1 aliphatic heterocycles. The molecule has 0 saturated carbocycles. The Labute approximate surface area is 264 Å². The molecular formula is C29H29ClF6N8O2. The van der Waals surface area contributed by atoms with E-state index in [0.717, 1.165) is 29.3 Å². The molecule has 0 radical (unpaired) electrons. The highest BCUT2D eigenvalue weighted by molar-refractivity contribution is 6.28. The second-order valence-electron chi connectivity index (χ2n) is 11.2. The van der Waals surface area contributed by atoms with Gasteiger partial charge in [-0.3, -0.25) is 9.88 Å². The zero-order valence-corrected chi connectivity index (χ0v) is 25.5. The number of rotatable bonds is 7. The monoisotopic (exact) mass is 670 g/mol. The molecule has 3 atom stereocenters. The number of pyridine rings is 1. The number of carboxylic acid groups (broad SMARTS) is 1. The molecule has 1 N–H and O–H groups in total. The van der Waals surface area contributed by atoms with Crippen molar-refractivity contribution in [2.75, 3.05) is 31.6 Å². The van der Waals surface area contributed by atoms with E-state index < -0.39 is 35.6 Å². The van der Waals surface area contributed by atoms with Gasteiger partial charge in [0.1, 0.15) is 0 Å². The minimum atomic E-state index is -4.61. The number of imidazole rings is 1. The van der Waals surface area contributed by atoms with Crippen molar-refractivity contribution in [1.82, 2.24) is 34.3 Å². The Morgan fingerprint density at radius 2 is 1.63 bits per heavy atom. The van der Waals surface area contributed by atoms with Crippen LogP contribution in [0.1, 0.15) is 42.3 Å². The molecule has 46 heavy (non-hydrogen) atoms. The van der Waals surface area contributed by atoms with Gasteiger partial charge in [-0.1, -0.05) is 12.1 Å². The van der Waals surface area contributed by atoms with Crippen LogP contribution >= 0.6 is 11.6 Å². The molecule has 0 aliphatic carbocycles. The highest BCUT2D eigenvalue weighted by Crippen LogP contribution is 2.38. The van der Waals surface area contributed by atoms with Crippen molar-refractivity contribution in [2.45, 2.75) is 50.9 Å². The normalized spacial score (nSPS) is 18.6. The second-order valence-corrected chi connectivity index (χ2v) is 11.5. The highest BCUT2D eigenvalue weighted by atomic mass is 35.5. The number of alkyl halides is 6. The van der Waals surface area contributed by atoms with Crippen molar-refractivity contribution in [3.05, 3.63) is 76.6 Å². The van der Waals surface area contributed by atoms with Crippen LogP contribution in [0.15, 0.2) is 48.9 Å². The minimum absolute atomic E-state index is 0.0466. The van der Waals surface area contributed by atoms with Gasteiger partial charge < -0.3 is 19.5 Å². The van der Waals surface area contributed by atoms with Gasteiger partial charge >= 0.3 is 18.4 Å². The van der Waals surface area contributed by atoms with E-state index in [2.05, 4.69) is 19.9 Å². The van der Waals surface area contributed by atoms with Crippen LogP contribution < -0.4 is 4.90 Å². The minimum Gasteiger partial charge on any atom is -0.465 e. The van der Waals surface area contributed by atoms with Crippen molar-refractivity contribution in [2.24, 2.45) is 0 Å². The van der Waals surface area contributed by atoms with Crippen LogP contribution in [0.25, 0.3) is 11.2 Å². The number of fused-ring (bicyclic) bond motifs is 1. The fourth-order valence-electron chi connectivity index (χ4n) is 5.55. The lowest BCUT2D eigenvalue weighted by Gasteiger charge is -2.47. The third kappa shape index (κ3) is 6.82. The van der Waals surface area contributed by atoms with Gasteiger partial charge in [-0.15, -0.1) is 0 Å². The number of amides is 1. The van der Waals surface area contributed by atoms with Gasteiger partial charge in [-0.25, -0.2) is 9.78 Å². The topological polar surface area (TPSA) is 104 Å². The first-order valence-corrected chi connectivity index (χ1v) is 14.5. The Morgan fingerprint density at radius 3 is 2.22 bits per heavy atom. The van der Waals surface area contributed by atoms with Gasteiger partial charge in [-0.05, 0) is 55.3 Å². The second kappa shape index (κ2) is 12.5. The molecular weight excluding hydrogens is 642 g/mol. The van der Waals surface area contributed by atoms with E-state index >= 15 is 0 Å². The molecule has 4 aromatic rings. The first kappa shape index (κ1) is 33.2. The molecule has 1 aliphatic rings. The van der Waals surface area contributed by atoms with E-state index in [1.807, 2.05) is 23.6 Å². The quantitative estimate of drug-likeness (QED) is 0.183. The maximum absolute atomic E-state index is 13.3. The summed E-state index contributed by atoms with van der Waals surface area (Å²) < 4.78 is 81.6. The summed E-state index contributed by atoms with van der Waals surface area (Å²) in [4.78, 5) is 33.7. The zero-order valence-electron chi connectivity index (χ0n) is 24.8. The summed E-state index contributed by atoms with van der Waals surface area (Å²) in [6.07, 6.45) is -8.00.